The summed E-state index contributed by atoms with van der Waals surface area (Å²) in [5, 5.41) is 0. The monoisotopic (exact) mass is 240 g/mol. The van der Waals surface area contributed by atoms with Gasteiger partial charge < -0.3 is 0 Å². The first-order chi connectivity index (χ1) is 8.91. The summed E-state index contributed by atoms with van der Waals surface area (Å²) in [5.74, 6) is 0. The third-order valence-corrected chi connectivity index (χ3v) is 2.11. The zero-order valence-corrected chi connectivity index (χ0v) is 11.3. The van der Waals surface area contributed by atoms with E-state index in [2.05, 4.69) is 31.7 Å². The van der Waals surface area contributed by atoms with Crippen LogP contribution in [0.25, 0.3) is 0 Å². The number of hydrogen-bond acceptors (Lipinski definition) is 0. The van der Waals surface area contributed by atoms with Crippen molar-refractivity contribution in [2.75, 3.05) is 0 Å². The first kappa shape index (κ1) is 16.2. The van der Waals surface area contributed by atoms with E-state index in [1.54, 1.807) is 6.08 Å². The smallest absolute Gasteiger partial charge is 0.0348 e. The SMILES string of the molecule is C=CC=CC=CC=CC=CC=CC=CCCCC. The molecule has 96 valence electrons. The molecule has 0 aliphatic heterocycles. The summed E-state index contributed by atoms with van der Waals surface area (Å²) < 4.78 is 0. The van der Waals surface area contributed by atoms with Gasteiger partial charge in [0.15, 0.2) is 0 Å². The topological polar surface area (TPSA) is 0 Å². The number of allylic oxidation sites excluding steroid dienone is 13. The molecular formula is C18H24. The highest BCUT2D eigenvalue weighted by atomic mass is 13.8. The first-order valence-electron chi connectivity index (χ1n) is 6.52. The molecular weight excluding hydrogens is 216 g/mol. The molecule has 0 heteroatoms. The van der Waals surface area contributed by atoms with Crippen molar-refractivity contribution < 1.29 is 0 Å². The molecule has 0 radical (unpaired) electrons. The first-order valence-corrected chi connectivity index (χ1v) is 6.52. The third-order valence-electron chi connectivity index (χ3n) is 2.11. The van der Waals surface area contributed by atoms with Crippen molar-refractivity contribution in [1.29, 1.82) is 0 Å². The number of hydrogen-bond donors (Lipinski definition) is 0. The van der Waals surface area contributed by atoms with Gasteiger partial charge >= 0.3 is 0 Å². The lowest BCUT2D eigenvalue weighted by Crippen LogP contribution is -1.64. The minimum atomic E-state index is 1.17. The van der Waals surface area contributed by atoms with Gasteiger partial charge in [-0.3, -0.25) is 0 Å². The third kappa shape index (κ3) is 14.2. The van der Waals surface area contributed by atoms with Crippen LogP contribution in [0.2, 0.25) is 0 Å². The molecule has 0 aromatic rings. The van der Waals surface area contributed by atoms with Crippen molar-refractivity contribution >= 4 is 0 Å². The summed E-state index contributed by atoms with van der Waals surface area (Å²) in [4.78, 5) is 0. The lowest BCUT2D eigenvalue weighted by atomic mass is 10.2. The van der Waals surface area contributed by atoms with E-state index >= 15 is 0 Å². The summed E-state index contributed by atoms with van der Waals surface area (Å²) in [6.07, 6.45) is 29.7. The minimum Gasteiger partial charge on any atom is -0.0991 e. The Balaban J connectivity index is 3.69. The Morgan fingerprint density at radius 3 is 1.56 bits per heavy atom. The molecule has 0 unspecified atom stereocenters. The predicted octanol–water partition coefficient (Wildman–Crippen LogP) is 5.70. The summed E-state index contributed by atoms with van der Waals surface area (Å²) >= 11 is 0. The molecule has 0 saturated heterocycles. The quantitative estimate of drug-likeness (QED) is 0.358. The standard InChI is InChI=1S/C18H24/c1-3-5-7-9-11-13-15-17-18-16-14-12-10-8-6-4-2/h3,5,7,9-18H,1,4,6,8H2,2H3. The van der Waals surface area contributed by atoms with Crippen molar-refractivity contribution in [1.82, 2.24) is 0 Å². The second kappa shape index (κ2) is 15.2. The zero-order valence-electron chi connectivity index (χ0n) is 11.3. The van der Waals surface area contributed by atoms with Crippen LogP contribution in [-0.4, -0.2) is 0 Å². The van der Waals surface area contributed by atoms with Crippen LogP contribution in [0.1, 0.15) is 26.2 Å². The molecule has 0 atom stereocenters. The van der Waals surface area contributed by atoms with E-state index in [1.807, 2.05) is 54.7 Å². The lowest BCUT2D eigenvalue weighted by molar-refractivity contribution is 0.815. The van der Waals surface area contributed by atoms with E-state index in [4.69, 9.17) is 0 Å². The molecule has 0 aliphatic rings. The Bertz CT molecular complexity index is 346. The van der Waals surface area contributed by atoms with E-state index in [1.165, 1.54) is 19.3 Å². The van der Waals surface area contributed by atoms with Crippen LogP contribution in [0.4, 0.5) is 0 Å². The Labute approximate surface area is 112 Å². The van der Waals surface area contributed by atoms with Gasteiger partial charge in [0.25, 0.3) is 0 Å². The summed E-state index contributed by atoms with van der Waals surface area (Å²) in [7, 11) is 0. The van der Waals surface area contributed by atoms with E-state index in [9.17, 15) is 0 Å². The van der Waals surface area contributed by atoms with E-state index in [0.717, 1.165) is 0 Å². The molecule has 0 heterocycles. The van der Waals surface area contributed by atoms with Crippen LogP contribution in [0.5, 0.6) is 0 Å². The maximum absolute atomic E-state index is 3.60. The summed E-state index contributed by atoms with van der Waals surface area (Å²) in [6.45, 7) is 5.81. The molecule has 0 rings (SSSR count). The Morgan fingerprint density at radius 2 is 1.11 bits per heavy atom. The van der Waals surface area contributed by atoms with Gasteiger partial charge in [0.2, 0.25) is 0 Å². The number of unbranched alkanes of at least 4 members (excludes halogenated alkanes) is 2. The summed E-state index contributed by atoms with van der Waals surface area (Å²) in [5.41, 5.74) is 0. The van der Waals surface area contributed by atoms with Crippen LogP contribution >= 0.6 is 0 Å². The highest BCUT2D eigenvalue weighted by Gasteiger charge is 1.74. The molecule has 0 nitrogen and oxygen atoms in total. The van der Waals surface area contributed by atoms with Gasteiger partial charge in [-0.15, -0.1) is 0 Å². The fourth-order valence-electron chi connectivity index (χ4n) is 1.15. The van der Waals surface area contributed by atoms with Crippen LogP contribution in [0, 0.1) is 0 Å². The second-order valence-corrected chi connectivity index (χ2v) is 3.73. The Hall–Kier alpha value is -1.82. The molecule has 0 bridgehead atoms. The molecule has 0 aliphatic carbocycles. The van der Waals surface area contributed by atoms with Crippen LogP contribution in [-0.2, 0) is 0 Å². The zero-order chi connectivity index (χ0) is 13.3. The Morgan fingerprint density at radius 1 is 0.667 bits per heavy atom. The molecule has 0 aromatic carbocycles. The molecule has 0 fully saturated rings. The average Bonchev–Trinajstić information content (AvgIpc) is 2.39. The van der Waals surface area contributed by atoms with Crippen molar-refractivity contribution in [3.8, 4) is 0 Å². The van der Waals surface area contributed by atoms with Gasteiger partial charge in [-0.2, -0.15) is 0 Å². The van der Waals surface area contributed by atoms with Crippen molar-refractivity contribution in [2.24, 2.45) is 0 Å². The Kier molecular flexibility index (Phi) is 13.6. The maximum Gasteiger partial charge on any atom is -0.0348 e. The van der Waals surface area contributed by atoms with Gasteiger partial charge in [-0.05, 0) is 6.42 Å². The predicted molar refractivity (Wildman–Crippen MR) is 84.6 cm³/mol. The van der Waals surface area contributed by atoms with Crippen LogP contribution < -0.4 is 0 Å². The van der Waals surface area contributed by atoms with E-state index in [0.29, 0.717) is 0 Å². The highest BCUT2D eigenvalue weighted by molar-refractivity contribution is 5.20. The minimum absolute atomic E-state index is 1.17. The second-order valence-electron chi connectivity index (χ2n) is 3.73. The molecule has 0 saturated carbocycles. The van der Waals surface area contributed by atoms with Crippen molar-refractivity contribution in [3.63, 3.8) is 0 Å². The maximum atomic E-state index is 3.60. The normalized spacial score (nSPS) is 13.4. The fourth-order valence-corrected chi connectivity index (χ4v) is 1.15. The van der Waals surface area contributed by atoms with Crippen molar-refractivity contribution in [3.05, 3.63) is 85.6 Å². The molecule has 18 heavy (non-hydrogen) atoms. The van der Waals surface area contributed by atoms with Crippen LogP contribution in [0.3, 0.4) is 0 Å². The lowest BCUT2D eigenvalue weighted by Gasteiger charge is -1.84. The molecule has 0 spiro atoms. The molecule has 0 aromatic heterocycles. The molecule has 0 amide bonds. The average molecular weight is 240 g/mol. The van der Waals surface area contributed by atoms with Gasteiger partial charge in [0, 0.05) is 0 Å². The summed E-state index contributed by atoms with van der Waals surface area (Å²) in [6, 6.07) is 0. The number of rotatable bonds is 9. The van der Waals surface area contributed by atoms with E-state index in [-0.39, 0.29) is 0 Å². The van der Waals surface area contributed by atoms with Crippen molar-refractivity contribution in [2.45, 2.75) is 26.2 Å². The highest BCUT2D eigenvalue weighted by Crippen LogP contribution is 1.94. The van der Waals surface area contributed by atoms with Gasteiger partial charge in [-0.1, -0.05) is 105 Å². The molecule has 0 N–H and O–H groups in total. The van der Waals surface area contributed by atoms with E-state index < -0.39 is 0 Å². The fraction of sp³-hybridized carbons (Fsp3) is 0.222. The van der Waals surface area contributed by atoms with Gasteiger partial charge in [-0.25, -0.2) is 0 Å². The van der Waals surface area contributed by atoms with Gasteiger partial charge in [0.05, 0.1) is 0 Å². The van der Waals surface area contributed by atoms with Gasteiger partial charge in [0.1, 0.15) is 0 Å². The van der Waals surface area contributed by atoms with Crippen LogP contribution in [0.15, 0.2) is 85.6 Å². The largest absolute Gasteiger partial charge is 0.0991 e.